The van der Waals surface area contributed by atoms with E-state index in [0.717, 1.165) is 36.2 Å². The number of hydrogen-bond donors (Lipinski definition) is 2. The van der Waals surface area contributed by atoms with Crippen LogP contribution in [0, 0.1) is 0 Å². The van der Waals surface area contributed by atoms with Crippen molar-refractivity contribution in [3.8, 4) is 0 Å². The number of nitrogens with two attached hydrogens (primary N) is 1. The molecule has 0 aliphatic heterocycles. The first-order valence-corrected chi connectivity index (χ1v) is 7.10. The van der Waals surface area contributed by atoms with E-state index < -0.39 is 0 Å². The van der Waals surface area contributed by atoms with E-state index in [1.807, 2.05) is 24.1 Å². The van der Waals surface area contributed by atoms with E-state index in [9.17, 15) is 0 Å². The van der Waals surface area contributed by atoms with Crippen LogP contribution in [-0.2, 0) is 26.3 Å². The molecule has 108 valence electrons. The van der Waals surface area contributed by atoms with Gasteiger partial charge in [-0.3, -0.25) is 20.9 Å². The second-order valence-electron chi connectivity index (χ2n) is 4.99. The van der Waals surface area contributed by atoms with E-state index in [2.05, 4.69) is 41.5 Å². The summed E-state index contributed by atoms with van der Waals surface area (Å²) < 4.78 is 1.84. The minimum Gasteiger partial charge on any atom is -0.275 e. The molecule has 3 N–H and O–H groups in total. The van der Waals surface area contributed by atoms with Crippen LogP contribution in [0.5, 0.6) is 0 Å². The normalized spacial score (nSPS) is 12.6. The Morgan fingerprint density at radius 2 is 2.10 bits per heavy atom. The van der Waals surface area contributed by atoms with E-state index in [4.69, 9.17) is 5.84 Å². The number of aryl methyl sites for hydroxylation is 3. The van der Waals surface area contributed by atoms with E-state index >= 15 is 0 Å². The zero-order valence-corrected chi connectivity index (χ0v) is 12.4. The predicted molar refractivity (Wildman–Crippen MR) is 80.0 cm³/mol. The quantitative estimate of drug-likeness (QED) is 0.621. The number of hydrogen-bond acceptors (Lipinski definition) is 4. The maximum absolute atomic E-state index is 5.73. The zero-order chi connectivity index (χ0) is 14.5. The summed E-state index contributed by atoms with van der Waals surface area (Å²) >= 11 is 0. The minimum atomic E-state index is 0.0404. The number of nitrogens with one attached hydrogen (secondary N) is 1. The fourth-order valence-electron chi connectivity index (χ4n) is 2.37. The second-order valence-corrected chi connectivity index (χ2v) is 4.99. The molecule has 0 radical (unpaired) electrons. The van der Waals surface area contributed by atoms with Crippen LogP contribution < -0.4 is 11.3 Å². The van der Waals surface area contributed by atoms with E-state index in [1.165, 1.54) is 5.56 Å². The van der Waals surface area contributed by atoms with Crippen LogP contribution in [-0.4, -0.2) is 14.8 Å². The highest BCUT2D eigenvalue weighted by atomic mass is 15.3. The molecule has 0 spiro atoms. The molecular formula is C15H23N5. The topological polar surface area (TPSA) is 68.8 Å². The zero-order valence-electron chi connectivity index (χ0n) is 12.4. The highest BCUT2D eigenvalue weighted by Crippen LogP contribution is 2.20. The van der Waals surface area contributed by atoms with Gasteiger partial charge in [-0.2, -0.15) is 5.10 Å². The Morgan fingerprint density at radius 3 is 2.65 bits per heavy atom. The van der Waals surface area contributed by atoms with Crippen molar-refractivity contribution in [1.29, 1.82) is 0 Å². The Balaban J connectivity index is 2.19. The van der Waals surface area contributed by atoms with Gasteiger partial charge in [0.2, 0.25) is 0 Å². The first-order chi connectivity index (χ1) is 9.67. The second kappa shape index (κ2) is 6.63. The lowest BCUT2D eigenvalue weighted by atomic mass is 10.0. The van der Waals surface area contributed by atoms with Gasteiger partial charge in [-0.25, -0.2) is 0 Å². The molecule has 0 saturated heterocycles. The Hall–Kier alpha value is -1.72. The SMILES string of the molecule is CCc1ccc(CC(NN)c2cn(C)nc2CC)nc1. The van der Waals surface area contributed by atoms with Crippen LogP contribution in [0.2, 0.25) is 0 Å². The lowest BCUT2D eigenvalue weighted by Crippen LogP contribution is -2.30. The molecule has 0 bridgehead atoms. The van der Waals surface area contributed by atoms with E-state index in [0.29, 0.717) is 0 Å². The molecule has 0 saturated carbocycles. The molecule has 0 aliphatic carbocycles. The Labute approximate surface area is 120 Å². The van der Waals surface area contributed by atoms with Crippen LogP contribution >= 0.6 is 0 Å². The maximum Gasteiger partial charge on any atom is 0.0670 e. The van der Waals surface area contributed by atoms with Crippen molar-refractivity contribution in [3.63, 3.8) is 0 Å². The lowest BCUT2D eigenvalue weighted by molar-refractivity contribution is 0.541. The first-order valence-electron chi connectivity index (χ1n) is 7.10. The van der Waals surface area contributed by atoms with Crippen molar-refractivity contribution in [3.05, 3.63) is 47.0 Å². The number of rotatable bonds is 6. The summed E-state index contributed by atoms with van der Waals surface area (Å²) in [6.45, 7) is 4.23. The number of pyridine rings is 1. The third-order valence-corrected chi connectivity index (χ3v) is 3.56. The van der Waals surface area contributed by atoms with Gasteiger partial charge >= 0.3 is 0 Å². The fourth-order valence-corrected chi connectivity index (χ4v) is 2.37. The summed E-state index contributed by atoms with van der Waals surface area (Å²) in [4.78, 5) is 4.50. The Bertz CT molecular complexity index is 544. The largest absolute Gasteiger partial charge is 0.275 e. The lowest BCUT2D eigenvalue weighted by Gasteiger charge is -2.15. The van der Waals surface area contributed by atoms with Gasteiger partial charge in [-0.15, -0.1) is 0 Å². The summed E-state index contributed by atoms with van der Waals surface area (Å²) in [5, 5.41) is 4.47. The molecule has 0 aliphatic rings. The average Bonchev–Trinajstić information content (AvgIpc) is 2.86. The van der Waals surface area contributed by atoms with Crippen LogP contribution in [0.3, 0.4) is 0 Å². The van der Waals surface area contributed by atoms with Crippen LogP contribution in [0.25, 0.3) is 0 Å². The van der Waals surface area contributed by atoms with Gasteiger partial charge in [0, 0.05) is 37.1 Å². The molecule has 1 atom stereocenters. The summed E-state index contributed by atoms with van der Waals surface area (Å²) in [6, 6.07) is 4.24. The molecule has 5 nitrogen and oxygen atoms in total. The Kier molecular flexibility index (Phi) is 4.87. The van der Waals surface area contributed by atoms with Crippen molar-refractivity contribution in [2.45, 2.75) is 39.2 Å². The summed E-state index contributed by atoms with van der Waals surface area (Å²) in [5.74, 6) is 5.73. The summed E-state index contributed by atoms with van der Waals surface area (Å²) in [5.41, 5.74) is 7.42. The third kappa shape index (κ3) is 3.23. The number of hydrazine groups is 1. The molecule has 0 amide bonds. The van der Waals surface area contributed by atoms with E-state index in [-0.39, 0.29) is 6.04 Å². The summed E-state index contributed by atoms with van der Waals surface area (Å²) in [6.07, 6.45) is 6.64. The highest BCUT2D eigenvalue weighted by Gasteiger charge is 2.17. The molecule has 2 rings (SSSR count). The highest BCUT2D eigenvalue weighted by molar-refractivity contribution is 5.24. The van der Waals surface area contributed by atoms with Crippen molar-refractivity contribution in [2.24, 2.45) is 12.9 Å². The Morgan fingerprint density at radius 1 is 1.30 bits per heavy atom. The molecule has 0 aromatic carbocycles. The number of aromatic nitrogens is 3. The molecule has 2 aromatic rings. The van der Waals surface area contributed by atoms with Gasteiger partial charge in [-0.1, -0.05) is 19.9 Å². The molecule has 2 heterocycles. The molecule has 5 heteroatoms. The molecule has 0 fully saturated rings. The minimum absolute atomic E-state index is 0.0404. The molecule has 20 heavy (non-hydrogen) atoms. The number of nitrogens with zero attached hydrogens (tertiary/aromatic N) is 3. The van der Waals surface area contributed by atoms with Gasteiger partial charge in [0.25, 0.3) is 0 Å². The predicted octanol–water partition coefficient (Wildman–Crippen LogP) is 1.69. The third-order valence-electron chi connectivity index (χ3n) is 3.56. The smallest absolute Gasteiger partial charge is 0.0670 e. The van der Waals surface area contributed by atoms with Gasteiger partial charge in [0.05, 0.1) is 11.7 Å². The van der Waals surface area contributed by atoms with E-state index in [1.54, 1.807) is 0 Å². The average molecular weight is 273 g/mol. The monoisotopic (exact) mass is 273 g/mol. The van der Waals surface area contributed by atoms with Crippen molar-refractivity contribution < 1.29 is 0 Å². The van der Waals surface area contributed by atoms with Gasteiger partial charge < -0.3 is 0 Å². The standard InChI is InChI=1S/C15H23N5/c1-4-11-6-7-12(17-9-11)8-15(18-16)13-10-20(3)19-14(13)5-2/h6-7,9-10,15,18H,4-5,8,16H2,1-3H3. The van der Waals surface area contributed by atoms with Crippen LogP contribution in [0.1, 0.15) is 42.4 Å². The van der Waals surface area contributed by atoms with Crippen LogP contribution in [0.15, 0.2) is 24.5 Å². The molecule has 2 aromatic heterocycles. The summed E-state index contributed by atoms with van der Waals surface area (Å²) in [7, 11) is 1.94. The van der Waals surface area contributed by atoms with Gasteiger partial charge in [-0.05, 0) is 24.5 Å². The van der Waals surface area contributed by atoms with Gasteiger partial charge in [0.15, 0.2) is 0 Å². The van der Waals surface area contributed by atoms with Crippen molar-refractivity contribution >= 4 is 0 Å². The molecule has 1 unspecified atom stereocenters. The molecular weight excluding hydrogens is 250 g/mol. The fraction of sp³-hybridized carbons (Fsp3) is 0.467. The van der Waals surface area contributed by atoms with Crippen molar-refractivity contribution in [2.75, 3.05) is 0 Å². The maximum atomic E-state index is 5.73. The van der Waals surface area contributed by atoms with Crippen LogP contribution in [0.4, 0.5) is 0 Å². The van der Waals surface area contributed by atoms with Crippen molar-refractivity contribution in [1.82, 2.24) is 20.2 Å². The first kappa shape index (κ1) is 14.7. The van der Waals surface area contributed by atoms with Gasteiger partial charge in [0.1, 0.15) is 0 Å².